The normalized spacial score (nSPS) is 18.0. The lowest BCUT2D eigenvalue weighted by Gasteiger charge is -2.30. The van der Waals surface area contributed by atoms with E-state index in [1.807, 2.05) is 0 Å². The SMILES string of the molecule is COCc1nc(N2CCC(CN)CC2)n[nH]1. The van der Waals surface area contributed by atoms with Gasteiger partial charge in [-0.2, -0.15) is 4.98 Å². The number of nitrogens with two attached hydrogens (primary N) is 1. The highest BCUT2D eigenvalue weighted by Crippen LogP contribution is 2.19. The molecule has 90 valence electrons. The summed E-state index contributed by atoms with van der Waals surface area (Å²) in [7, 11) is 1.65. The van der Waals surface area contributed by atoms with Crippen molar-refractivity contribution in [1.82, 2.24) is 15.2 Å². The monoisotopic (exact) mass is 225 g/mol. The maximum Gasteiger partial charge on any atom is 0.244 e. The number of hydrogen-bond acceptors (Lipinski definition) is 5. The van der Waals surface area contributed by atoms with Gasteiger partial charge in [-0.15, -0.1) is 5.10 Å². The Morgan fingerprint density at radius 1 is 1.50 bits per heavy atom. The van der Waals surface area contributed by atoms with E-state index in [1.54, 1.807) is 7.11 Å². The van der Waals surface area contributed by atoms with E-state index in [1.165, 1.54) is 0 Å². The zero-order valence-corrected chi connectivity index (χ0v) is 9.65. The van der Waals surface area contributed by atoms with Crippen LogP contribution >= 0.6 is 0 Å². The van der Waals surface area contributed by atoms with Crippen molar-refractivity contribution in [2.24, 2.45) is 11.7 Å². The molecule has 2 heterocycles. The maximum atomic E-state index is 5.66. The molecule has 1 aromatic rings. The Hall–Kier alpha value is -1.14. The second-order valence-electron chi connectivity index (χ2n) is 4.18. The van der Waals surface area contributed by atoms with Crippen LogP contribution in [0, 0.1) is 5.92 Å². The average Bonchev–Trinajstić information content (AvgIpc) is 2.78. The van der Waals surface area contributed by atoms with E-state index in [2.05, 4.69) is 20.1 Å². The second kappa shape index (κ2) is 5.27. The quantitative estimate of drug-likeness (QED) is 0.761. The number of H-pyrrole nitrogens is 1. The lowest BCUT2D eigenvalue weighted by molar-refractivity contribution is 0.178. The number of ether oxygens (including phenoxy) is 1. The van der Waals surface area contributed by atoms with Crippen LogP contribution in [0.4, 0.5) is 5.95 Å². The average molecular weight is 225 g/mol. The van der Waals surface area contributed by atoms with Crippen LogP contribution in [0.15, 0.2) is 0 Å². The Morgan fingerprint density at radius 3 is 2.88 bits per heavy atom. The first-order valence-electron chi connectivity index (χ1n) is 5.68. The van der Waals surface area contributed by atoms with Crippen molar-refractivity contribution < 1.29 is 4.74 Å². The zero-order chi connectivity index (χ0) is 11.4. The van der Waals surface area contributed by atoms with Crippen LogP contribution in [-0.2, 0) is 11.3 Å². The first kappa shape index (κ1) is 11.3. The zero-order valence-electron chi connectivity index (χ0n) is 9.65. The topological polar surface area (TPSA) is 80.1 Å². The van der Waals surface area contributed by atoms with Gasteiger partial charge in [0.2, 0.25) is 5.95 Å². The minimum atomic E-state index is 0.478. The van der Waals surface area contributed by atoms with E-state index >= 15 is 0 Å². The van der Waals surface area contributed by atoms with Crippen molar-refractivity contribution in [3.05, 3.63) is 5.82 Å². The van der Waals surface area contributed by atoms with Crippen LogP contribution in [0.25, 0.3) is 0 Å². The van der Waals surface area contributed by atoms with E-state index in [-0.39, 0.29) is 0 Å². The Morgan fingerprint density at radius 2 is 2.25 bits per heavy atom. The van der Waals surface area contributed by atoms with Crippen molar-refractivity contribution in [2.45, 2.75) is 19.4 Å². The summed E-state index contributed by atoms with van der Waals surface area (Å²) < 4.78 is 4.99. The number of aromatic nitrogens is 3. The van der Waals surface area contributed by atoms with Gasteiger partial charge in [0.15, 0.2) is 5.82 Å². The van der Waals surface area contributed by atoms with Gasteiger partial charge >= 0.3 is 0 Å². The lowest BCUT2D eigenvalue weighted by atomic mass is 9.97. The third kappa shape index (κ3) is 2.51. The summed E-state index contributed by atoms with van der Waals surface area (Å²) in [6.45, 7) is 3.25. The number of rotatable bonds is 4. The lowest BCUT2D eigenvalue weighted by Crippen LogP contribution is -2.36. The molecule has 0 aromatic carbocycles. The van der Waals surface area contributed by atoms with Gasteiger partial charge in [0, 0.05) is 20.2 Å². The molecule has 16 heavy (non-hydrogen) atoms. The summed E-state index contributed by atoms with van der Waals surface area (Å²) in [4.78, 5) is 6.57. The molecule has 6 nitrogen and oxygen atoms in total. The molecule has 0 radical (unpaired) electrons. The molecule has 2 rings (SSSR count). The summed E-state index contributed by atoms with van der Waals surface area (Å²) in [5.74, 6) is 2.22. The van der Waals surface area contributed by atoms with Crippen molar-refractivity contribution >= 4 is 5.95 Å². The highest BCUT2D eigenvalue weighted by atomic mass is 16.5. The van der Waals surface area contributed by atoms with Gasteiger partial charge in [-0.25, -0.2) is 0 Å². The number of piperidine rings is 1. The Balaban J connectivity index is 1.92. The van der Waals surface area contributed by atoms with E-state index in [0.717, 1.165) is 44.2 Å². The predicted molar refractivity (Wildman–Crippen MR) is 61.1 cm³/mol. The molecule has 1 saturated heterocycles. The number of nitrogens with zero attached hydrogens (tertiary/aromatic N) is 3. The predicted octanol–water partition coefficient (Wildman–Crippen LogP) is 0.126. The largest absolute Gasteiger partial charge is 0.377 e. The molecule has 1 aliphatic heterocycles. The fraction of sp³-hybridized carbons (Fsp3) is 0.800. The molecule has 0 bridgehead atoms. The van der Waals surface area contributed by atoms with Crippen molar-refractivity contribution in [1.29, 1.82) is 0 Å². The molecule has 1 aliphatic rings. The number of anilines is 1. The second-order valence-corrected chi connectivity index (χ2v) is 4.18. The summed E-state index contributed by atoms with van der Waals surface area (Å²) in [5.41, 5.74) is 5.66. The molecule has 1 fully saturated rings. The molecular weight excluding hydrogens is 206 g/mol. The fourth-order valence-corrected chi connectivity index (χ4v) is 2.00. The van der Waals surface area contributed by atoms with Crippen LogP contribution in [-0.4, -0.2) is 41.9 Å². The van der Waals surface area contributed by atoms with Gasteiger partial charge < -0.3 is 15.4 Å². The summed E-state index contributed by atoms with van der Waals surface area (Å²) in [6.07, 6.45) is 2.26. The van der Waals surface area contributed by atoms with E-state index < -0.39 is 0 Å². The van der Waals surface area contributed by atoms with Crippen LogP contribution in [0.2, 0.25) is 0 Å². The summed E-state index contributed by atoms with van der Waals surface area (Å²) >= 11 is 0. The molecule has 0 unspecified atom stereocenters. The van der Waals surface area contributed by atoms with Crippen molar-refractivity contribution in [3.8, 4) is 0 Å². The molecule has 0 spiro atoms. The Kier molecular flexibility index (Phi) is 3.74. The first-order valence-corrected chi connectivity index (χ1v) is 5.68. The third-order valence-corrected chi connectivity index (χ3v) is 3.03. The molecule has 3 N–H and O–H groups in total. The smallest absolute Gasteiger partial charge is 0.244 e. The highest BCUT2D eigenvalue weighted by molar-refractivity contribution is 5.29. The third-order valence-electron chi connectivity index (χ3n) is 3.03. The minimum Gasteiger partial charge on any atom is -0.377 e. The van der Waals surface area contributed by atoms with Gasteiger partial charge in [-0.3, -0.25) is 5.10 Å². The molecule has 1 aromatic heterocycles. The first-order chi connectivity index (χ1) is 7.83. The van der Waals surface area contributed by atoms with Crippen molar-refractivity contribution in [2.75, 3.05) is 31.6 Å². The number of nitrogens with one attached hydrogen (secondary N) is 1. The fourth-order valence-electron chi connectivity index (χ4n) is 2.00. The van der Waals surface area contributed by atoms with Gasteiger partial charge in [0.1, 0.15) is 6.61 Å². The van der Waals surface area contributed by atoms with Gasteiger partial charge in [0.25, 0.3) is 0 Å². The van der Waals surface area contributed by atoms with Crippen LogP contribution < -0.4 is 10.6 Å². The van der Waals surface area contributed by atoms with Gasteiger partial charge in [-0.1, -0.05) is 0 Å². The summed E-state index contributed by atoms with van der Waals surface area (Å²) in [5, 5.41) is 7.06. The Labute approximate surface area is 95.2 Å². The maximum absolute atomic E-state index is 5.66. The molecule has 0 atom stereocenters. The number of methoxy groups -OCH3 is 1. The number of aromatic amines is 1. The van der Waals surface area contributed by atoms with E-state index in [4.69, 9.17) is 10.5 Å². The molecular formula is C10H19N5O. The number of hydrogen-bond donors (Lipinski definition) is 2. The van der Waals surface area contributed by atoms with Crippen LogP contribution in [0.3, 0.4) is 0 Å². The Bertz CT molecular complexity index is 319. The standard InChI is InChI=1S/C10H19N5O/c1-16-7-9-12-10(14-13-9)15-4-2-8(6-11)3-5-15/h8H,2-7,11H2,1H3,(H,12,13,14). The highest BCUT2D eigenvalue weighted by Gasteiger charge is 2.20. The van der Waals surface area contributed by atoms with E-state index in [0.29, 0.717) is 12.5 Å². The van der Waals surface area contributed by atoms with Gasteiger partial charge in [0.05, 0.1) is 0 Å². The molecule has 6 heteroatoms. The molecule has 0 aliphatic carbocycles. The minimum absolute atomic E-state index is 0.478. The van der Waals surface area contributed by atoms with Crippen LogP contribution in [0.5, 0.6) is 0 Å². The summed E-state index contributed by atoms with van der Waals surface area (Å²) in [6, 6.07) is 0. The van der Waals surface area contributed by atoms with E-state index in [9.17, 15) is 0 Å². The van der Waals surface area contributed by atoms with Crippen LogP contribution in [0.1, 0.15) is 18.7 Å². The van der Waals surface area contributed by atoms with Crippen molar-refractivity contribution in [3.63, 3.8) is 0 Å². The van der Waals surface area contributed by atoms with Gasteiger partial charge in [-0.05, 0) is 25.3 Å². The molecule has 0 amide bonds. The molecule has 0 saturated carbocycles.